The fraction of sp³-hybridized carbons (Fsp3) is 0.250. The summed E-state index contributed by atoms with van der Waals surface area (Å²) >= 11 is 0. The number of nitrogens with one attached hydrogen (secondary N) is 1. The molecule has 5 N–H and O–H groups in total. The van der Waals surface area contributed by atoms with Crippen molar-refractivity contribution in [3.63, 3.8) is 0 Å². The van der Waals surface area contributed by atoms with E-state index in [-0.39, 0.29) is 18.0 Å². The van der Waals surface area contributed by atoms with E-state index in [1.165, 1.54) is 6.20 Å². The number of anilines is 1. The SMILES string of the molecule is Nc1ccc(Oc2cc(Oc3ccccc3)cc(C(=O)NC3CCC(N)CC3)c2)cn1. The number of nitrogens with zero attached hydrogens (tertiary/aromatic N) is 1. The third kappa shape index (κ3) is 5.73. The van der Waals surface area contributed by atoms with Crippen LogP contribution in [0.3, 0.4) is 0 Å². The van der Waals surface area contributed by atoms with Crippen molar-refractivity contribution >= 4 is 11.7 Å². The van der Waals surface area contributed by atoms with Crippen molar-refractivity contribution in [1.29, 1.82) is 0 Å². The average Bonchev–Trinajstić information content (AvgIpc) is 2.77. The molecule has 7 nitrogen and oxygen atoms in total. The molecule has 160 valence electrons. The number of rotatable bonds is 6. The Bertz CT molecular complexity index is 1020. The Labute approximate surface area is 181 Å². The predicted octanol–water partition coefficient (Wildman–Crippen LogP) is 4.25. The summed E-state index contributed by atoms with van der Waals surface area (Å²) < 4.78 is 11.9. The van der Waals surface area contributed by atoms with Crippen LogP contribution in [0, 0.1) is 0 Å². The lowest BCUT2D eigenvalue weighted by Crippen LogP contribution is -2.40. The number of hydrogen-bond donors (Lipinski definition) is 3. The normalized spacial score (nSPS) is 18.2. The van der Waals surface area contributed by atoms with Gasteiger partial charge in [0.05, 0.1) is 6.20 Å². The number of nitrogens with two attached hydrogens (primary N) is 2. The van der Waals surface area contributed by atoms with Gasteiger partial charge in [0.2, 0.25) is 0 Å². The third-order valence-corrected chi connectivity index (χ3v) is 5.22. The van der Waals surface area contributed by atoms with E-state index in [1.807, 2.05) is 30.3 Å². The lowest BCUT2D eigenvalue weighted by molar-refractivity contribution is 0.0925. The maximum atomic E-state index is 13.0. The first kappa shape index (κ1) is 20.7. The molecule has 7 heteroatoms. The van der Waals surface area contributed by atoms with Gasteiger partial charge in [-0.25, -0.2) is 4.98 Å². The van der Waals surface area contributed by atoms with Gasteiger partial charge in [-0.05, 0) is 62.1 Å². The topological polar surface area (TPSA) is 112 Å². The van der Waals surface area contributed by atoms with Crippen molar-refractivity contribution in [2.24, 2.45) is 5.73 Å². The lowest BCUT2D eigenvalue weighted by Gasteiger charge is -2.26. The van der Waals surface area contributed by atoms with Crippen LogP contribution in [0.25, 0.3) is 0 Å². The summed E-state index contributed by atoms with van der Waals surface area (Å²) in [5, 5.41) is 3.11. The van der Waals surface area contributed by atoms with E-state index < -0.39 is 0 Å². The Hall–Kier alpha value is -3.58. The van der Waals surface area contributed by atoms with Gasteiger partial charge in [-0.3, -0.25) is 4.79 Å². The number of benzene rings is 2. The quantitative estimate of drug-likeness (QED) is 0.552. The van der Waals surface area contributed by atoms with Crippen LogP contribution in [0.5, 0.6) is 23.0 Å². The molecule has 1 aliphatic carbocycles. The molecule has 1 amide bonds. The molecule has 0 spiro atoms. The maximum Gasteiger partial charge on any atom is 0.251 e. The highest BCUT2D eigenvalue weighted by Crippen LogP contribution is 2.30. The highest BCUT2D eigenvalue weighted by molar-refractivity contribution is 5.95. The van der Waals surface area contributed by atoms with E-state index in [0.29, 0.717) is 34.4 Å². The van der Waals surface area contributed by atoms with Gasteiger partial charge in [0.1, 0.15) is 28.8 Å². The first-order valence-electron chi connectivity index (χ1n) is 10.4. The van der Waals surface area contributed by atoms with Crippen molar-refractivity contribution < 1.29 is 14.3 Å². The van der Waals surface area contributed by atoms with Crippen LogP contribution >= 0.6 is 0 Å². The van der Waals surface area contributed by atoms with Gasteiger partial charge in [0.25, 0.3) is 5.91 Å². The first-order chi connectivity index (χ1) is 15.0. The summed E-state index contributed by atoms with van der Waals surface area (Å²) in [5.41, 5.74) is 12.1. The Morgan fingerprint density at radius 2 is 1.55 bits per heavy atom. The number of carbonyl (C=O) groups excluding carboxylic acids is 1. The molecule has 1 fully saturated rings. The highest BCUT2D eigenvalue weighted by atomic mass is 16.5. The molecule has 3 aromatic rings. The van der Waals surface area contributed by atoms with E-state index in [0.717, 1.165) is 25.7 Å². The molecule has 0 bridgehead atoms. The summed E-state index contributed by atoms with van der Waals surface area (Å²) in [7, 11) is 0. The minimum atomic E-state index is -0.167. The molecule has 0 aliphatic heterocycles. The van der Waals surface area contributed by atoms with E-state index in [4.69, 9.17) is 20.9 Å². The predicted molar refractivity (Wildman–Crippen MR) is 119 cm³/mol. The number of ether oxygens (including phenoxy) is 2. The second-order valence-electron chi connectivity index (χ2n) is 7.71. The zero-order valence-electron chi connectivity index (χ0n) is 17.2. The molecular weight excluding hydrogens is 392 g/mol. The summed E-state index contributed by atoms with van der Waals surface area (Å²) in [6, 6.07) is 18.2. The number of para-hydroxylation sites is 1. The fourth-order valence-corrected chi connectivity index (χ4v) is 3.57. The van der Waals surface area contributed by atoms with Crippen LogP contribution in [0.4, 0.5) is 5.82 Å². The molecule has 1 aliphatic rings. The molecular formula is C24H26N4O3. The van der Waals surface area contributed by atoms with Gasteiger partial charge >= 0.3 is 0 Å². The molecule has 0 atom stereocenters. The first-order valence-corrected chi connectivity index (χ1v) is 10.4. The Morgan fingerprint density at radius 1 is 0.871 bits per heavy atom. The molecule has 0 radical (unpaired) electrons. The monoisotopic (exact) mass is 418 g/mol. The van der Waals surface area contributed by atoms with Crippen molar-refractivity contribution in [2.45, 2.75) is 37.8 Å². The van der Waals surface area contributed by atoms with Gasteiger partial charge in [-0.15, -0.1) is 0 Å². The smallest absolute Gasteiger partial charge is 0.251 e. The van der Waals surface area contributed by atoms with Crippen LogP contribution in [-0.4, -0.2) is 23.0 Å². The number of carbonyl (C=O) groups is 1. The number of amides is 1. The third-order valence-electron chi connectivity index (χ3n) is 5.22. The van der Waals surface area contributed by atoms with E-state index in [2.05, 4.69) is 10.3 Å². The molecule has 31 heavy (non-hydrogen) atoms. The molecule has 4 rings (SSSR count). The number of aromatic nitrogens is 1. The summed E-state index contributed by atoms with van der Waals surface area (Å²) in [4.78, 5) is 17.0. The maximum absolute atomic E-state index is 13.0. The lowest BCUT2D eigenvalue weighted by atomic mass is 9.91. The second kappa shape index (κ2) is 9.49. The summed E-state index contributed by atoms with van der Waals surface area (Å²) in [6.07, 6.45) is 5.13. The van der Waals surface area contributed by atoms with E-state index >= 15 is 0 Å². The van der Waals surface area contributed by atoms with Crippen molar-refractivity contribution in [2.75, 3.05) is 5.73 Å². The minimum Gasteiger partial charge on any atom is -0.457 e. The Morgan fingerprint density at radius 3 is 2.19 bits per heavy atom. The van der Waals surface area contributed by atoms with Crippen LogP contribution in [0.15, 0.2) is 66.9 Å². The van der Waals surface area contributed by atoms with Crippen LogP contribution < -0.4 is 26.3 Å². The molecule has 1 saturated carbocycles. The molecule has 2 aromatic carbocycles. The second-order valence-corrected chi connectivity index (χ2v) is 7.71. The van der Waals surface area contributed by atoms with Gasteiger partial charge < -0.3 is 26.3 Å². The molecule has 0 unspecified atom stereocenters. The van der Waals surface area contributed by atoms with Gasteiger partial charge in [-0.1, -0.05) is 18.2 Å². The number of nitrogen functional groups attached to an aromatic ring is 1. The highest BCUT2D eigenvalue weighted by Gasteiger charge is 2.21. The van der Waals surface area contributed by atoms with E-state index in [1.54, 1.807) is 30.3 Å². The molecule has 0 saturated heterocycles. The largest absolute Gasteiger partial charge is 0.457 e. The van der Waals surface area contributed by atoms with Crippen molar-refractivity contribution in [3.05, 3.63) is 72.4 Å². The van der Waals surface area contributed by atoms with Crippen LogP contribution in [-0.2, 0) is 0 Å². The number of hydrogen-bond acceptors (Lipinski definition) is 6. The fourth-order valence-electron chi connectivity index (χ4n) is 3.57. The standard InChI is InChI=1S/C24H26N4O3/c25-17-6-8-18(9-7-17)28-24(29)16-12-21(30-19-4-2-1-3-5-19)14-22(13-16)31-20-10-11-23(26)27-15-20/h1-5,10-15,17-18H,6-9,25H2,(H2,26,27)(H,28,29). The molecule has 1 aromatic heterocycles. The average molecular weight is 418 g/mol. The van der Waals surface area contributed by atoms with E-state index in [9.17, 15) is 4.79 Å². The number of pyridine rings is 1. The Balaban J connectivity index is 1.57. The van der Waals surface area contributed by atoms with Crippen molar-refractivity contribution in [1.82, 2.24) is 10.3 Å². The van der Waals surface area contributed by atoms with Gasteiger partial charge in [-0.2, -0.15) is 0 Å². The Kier molecular flexibility index (Phi) is 6.33. The van der Waals surface area contributed by atoms with Crippen molar-refractivity contribution in [3.8, 4) is 23.0 Å². The molecule has 1 heterocycles. The summed E-state index contributed by atoms with van der Waals surface area (Å²) in [6.45, 7) is 0. The van der Waals surface area contributed by atoms with Crippen LogP contribution in [0.2, 0.25) is 0 Å². The van der Waals surface area contributed by atoms with Gasteiger partial charge in [0, 0.05) is 23.7 Å². The summed E-state index contributed by atoms with van der Waals surface area (Å²) in [5.74, 6) is 2.39. The minimum absolute atomic E-state index is 0.122. The zero-order valence-corrected chi connectivity index (χ0v) is 17.2. The zero-order chi connectivity index (χ0) is 21.6. The van der Waals surface area contributed by atoms with Gasteiger partial charge in [0.15, 0.2) is 0 Å². The van der Waals surface area contributed by atoms with Crippen LogP contribution in [0.1, 0.15) is 36.0 Å².